The predicted octanol–water partition coefficient (Wildman–Crippen LogP) is 0.890. The number of carbonyl (C=O) groups excluding carboxylic acids is 1. The first kappa shape index (κ1) is 14.2. The summed E-state index contributed by atoms with van der Waals surface area (Å²) in [6.45, 7) is 7.43. The summed E-state index contributed by atoms with van der Waals surface area (Å²) in [5, 5.41) is 2.97. The minimum absolute atomic E-state index is 0.0558. The molecule has 0 aromatic carbocycles. The molecule has 0 aliphatic rings. The van der Waals surface area contributed by atoms with Gasteiger partial charge in [-0.05, 0) is 27.7 Å². The molecule has 0 radical (unpaired) electrons. The second kappa shape index (κ2) is 5.20. The van der Waals surface area contributed by atoms with Crippen molar-refractivity contribution in [2.45, 2.75) is 45.7 Å². The number of rotatable bonds is 5. The molecule has 100 valence electrons. The van der Waals surface area contributed by atoms with Crippen LogP contribution < -0.4 is 16.6 Å². The van der Waals surface area contributed by atoms with Crippen LogP contribution in [0.25, 0.3) is 0 Å². The molecule has 18 heavy (non-hydrogen) atoms. The molecule has 1 heterocycles. The highest BCUT2D eigenvalue weighted by Crippen LogP contribution is 2.13. The van der Waals surface area contributed by atoms with Gasteiger partial charge in [-0.2, -0.15) is 0 Å². The predicted molar refractivity (Wildman–Crippen MR) is 70.4 cm³/mol. The van der Waals surface area contributed by atoms with E-state index in [2.05, 4.69) is 10.3 Å². The molecule has 6 nitrogen and oxygen atoms in total. The van der Waals surface area contributed by atoms with E-state index in [-0.39, 0.29) is 23.8 Å². The van der Waals surface area contributed by atoms with Crippen molar-refractivity contribution in [1.82, 2.24) is 9.55 Å². The fourth-order valence-electron chi connectivity index (χ4n) is 1.72. The fourth-order valence-corrected chi connectivity index (χ4v) is 1.72. The molecule has 0 aliphatic heterocycles. The summed E-state index contributed by atoms with van der Waals surface area (Å²) in [6.07, 6.45) is 3.33. The summed E-state index contributed by atoms with van der Waals surface area (Å²) in [4.78, 5) is 27.1. The van der Waals surface area contributed by atoms with E-state index in [1.54, 1.807) is 30.8 Å². The Morgan fingerprint density at radius 3 is 2.67 bits per heavy atom. The van der Waals surface area contributed by atoms with Crippen LogP contribution in [0.15, 0.2) is 17.2 Å². The Hall–Kier alpha value is -1.85. The molecule has 1 rings (SSSR count). The van der Waals surface area contributed by atoms with Crippen molar-refractivity contribution in [2.24, 2.45) is 5.73 Å². The van der Waals surface area contributed by atoms with Gasteiger partial charge in [0.25, 0.3) is 5.56 Å². The van der Waals surface area contributed by atoms with E-state index in [0.29, 0.717) is 0 Å². The number of aromatic nitrogens is 2. The minimum Gasteiger partial charge on any atom is -0.370 e. The molecule has 0 unspecified atom stereocenters. The average molecular weight is 252 g/mol. The van der Waals surface area contributed by atoms with Crippen LogP contribution >= 0.6 is 0 Å². The maximum Gasteiger partial charge on any atom is 0.293 e. The molecule has 6 heteroatoms. The van der Waals surface area contributed by atoms with Crippen molar-refractivity contribution in [1.29, 1.82) is 0 Å². The number of nitrogens with zero attached hydrogens (tertiary/aromatic N) is 2. The Bertz CT molecular complexity index is 491. The minimum atomic E-state index is -0.603. The molecule has 1 aromatic heterocycles. The zero-order chi connectivity index (χ0) is 13.9. The van der Waals surface area contributed by atoms with Gasteiger partial charge in [-0.15, -0.1) is 0 Å². The van der Waals surface area contributed by atoms with Crippen molar-refractivity contribution in [3.63, 3.8) is 0 Å². The molecule has 0 atom stereocenters. The number of nitrogens with two attached hydrogens (primary N) is 1. The number of carbonyl (C=O) groups is 1. The Morgan fingerprint density at radius 1 is 1.56 bits per heavy atom. The first-order chi connectivity index (χ1) is 8.23. The van der Waals surface area contributed by atoms with E-state index in [4.69, 9.17) is 5.73 Å². The summed E-state index contributed by atoms with van der Waals surface area (Å²) in [5.41, 5.74) is 4.36. The number of primary amides is 1. The third-order valence-electron chi connectivity index (χ3n) is 2.50. The van der Waals surface area contributed by atoms with E-state index < -0.39 is 11.4 Å². The zero-order valence-electron chi connectivity index (χ0n) is 11.2. The van der Waals surface area contributed by atoms with Gasteiger partial charge in [0.1, 0.15) is 0 Å². The summed E-state index contributed by atoms with van der Waals surface area (Å²) in [5.74, 6) is -0.190. The Balaban J connectivity index is 3.02. The van der Waals surface area contributed by atoms with Gasteiger partial charge in [0.15, 0.2) is 5.82 Å². The van der Waals surface area contributed by atoms with Crippen LogP contribution in [0.5, 0.6) is 0 Å². The monoisotopic (exact) mass is 252 g/mol. The van der Waals surface area contributed by atoms with Crippen LogP contribution in [0.2, 0.25) is 0 Å². The Labute approximate surface area is 106 Å². The van der Waals surface area contributed by atoms with E-state index in [1.807, 2.05) is 13.8 Å². The van der Waals surface area contributed by atoms with Crippen molar-refractivity contribution < 1.29 is 4.79 Å². The Morgan fingerprint density at radius 2 is 2.17 bits per heavy atom. The smallest absolute Gasteiger partial charge is 0.293 e. The molecule has 0 aliphatic carbocycles. The SMILES string of the molecule is CC(C)n1ccnc(NC(C)(C)CC(N)=O)c1=O. The topological polar surface area (TPSA) is 90.0 Å². The molecule has 0 saturated carbocycles. The standard InChI is InChI=1S/C12H20N4O2/c1-8(2)16-6-5-14-10(11(16)18)15-12(3,4)7-9(13)17/h5-6,8H,7H2,1-4H3,(H2,13,17)(H,14,15). The van der Waals surface area contributed by atoms with Crippen LogP contribution in [0, 0.1) is 0 Å². The van der Waals surface area contributed by atoms with E-state index in [0.717, 1.165) is 0 Å². The van der Waals surface area contributed by atoms with E-state index in [1.165, 1.54) is 0 Å². The van der Waals surface area contributed by atoms with Gasteiger partial charge >= 0.3 is 0 Å². The summed E-state index contributed by atoms with van der Waals surface area (Å²) in [7, 11) is 0. The number of hydrogen-bond donors (Lipinski definition) is 2. The fraction of sp³-hybridized carbons (Fsp3) is 0.583. The molecular formula is C12H20N4O2. The Kier molecular flexibility index (Phi) is 4.11. The zero-order valence-corrected chi connectivity index (χ0v) is 11.2. The van der Waals surface area contributed by atoms with Crippen LogP contribution in [0.4, 0.5) is 5.82 Å². The maximum atomic E-state index is 12.1. The van der Waals surface area contributed by atoms with Gasteiger partial charge in [0.05, 0.1) is 0 Å². The number of anilines is 1. The van der Waals surface area contributed by atoms with Gasteiger partial charge in [-0.1, -0.05) is 0 Å². The summed E-state index contributed by atoms with van der Waals surface area (Å²) in [6, 6.07) is 0.0558. The number of amides is 1. The largest absolute Gasteiger partial charge is 0.370 e. The second-order valence-electron chi connectivity index (χ2n) is 5.23. The van der Waals surface area contributed by atoms with Gasteiger partial charge < -0.3 is 15.6 Å². The van der Waals surface area contributed by atoms with Crippen molar-refractivity contribution >= 4 is 11.7 Å². The van der Waals surface area contributed by atoms with Crippen molar-refractivity contribution in [3.8, 4) is 0 Å². The van der Waals surface area contributed by atoms with Crippen LogP contribution in [0.3, 0.4) is 0 Å². The molecule has 1 aromatic rings. The van der Waals surface area contributed by atoms with Gasteiger partial charge in [0, 0.05) is 30.4 Å². The molecule has 0 spiro atoms. The molecule has 0 fully saturated rings. The number of nitrogens with one attached hydrogen (secondary N) is 1. The first-order valence-electron chi connectivity index (χ1n) is 5.86. The average Bonchev–Trinajstić information content (AvgIpc) is 2.18. The van der Waals surface area contributed by atoms with Crippen LogP contribution in [-0.4, -0.2) is 21.0 Å². The lowest BCUT2D eigenvalue weighted by atomic mass is 10.0. The molecular weight excluding hydrogens is 232 g/mol. The normalized spacial score (nSPS) is 11.6. The summed E-state index contributed by atoms with van der Waals surface area (Å²) >= 11 is 0. The van der Waals surface area contributed by atoms with Crippen LogP contribution in [-0.2, 0) is 4.79 Å². The van der Waals surface area contributed by atoms with E-state index >= 15 is 0 Å². The van der Waals surface area contributed by atoms with Gasteiger partial charge in [-0.3, -0.25) is 9.59 Å². The number of hydrogen-bond acceptors (Lipinski definition) is 4. The molecule has 1 amide bonds. The van der Waals surface area contributed by atoms with Gasteiger partial charge in [0.2, 0.25) is 5.91 Å². The highest BCUT2D eigenvalue weighted by Gasteiger charge is 2.22. The molecule has 0 saturated heterocycles. The van der Waals surface area contributed by atoms with Crippen molar-refractivity contribution in [2.75, 3.05) is 5.32 Å². The van der Waals surface area contributed by atoms with Crippen molar-refractivity contribution in [3.05, 3.63) is 22.7 Å². The lowest BCUT2D eigenvalue weighted by Gasteiger charge is -2.25. The maximum absolute atomic E-state index is 12.1. The van der Waals surface area contributed by atoms with E-state index in [9.17, 15) is 9.59 Å². The third-order valence-corrected chi connectivity index (χ3v) is 2.50. The first-order valence-corrected chi connectivity index (χ1v) is 5.86. The quantitative estimate of drug-likeness (QED) is 0.814. The third kappa shape index (κ3) is 3.58. The highest BCUT2D eigenvalue weighted by atomic mass is 16.1. The molecule has 0 bridgehead atoms. The summed E-state index contributed by atoms with van der Waals surface area (Å²) < 4.78 is 1.58. The second-order valence-corrected chi connectivity index (χ2v) is 5.23. The lowest BCUT2D eigenvalue weighted by molar-refractivity contribution is -0.118. The van der Waals surface area contributed by atoms with Gasteiger partial charge in [-0.25, -0.2) is 4.98 Å². The molecule has 3 N–H and O–H groups in total. The lowest BCUT2D eigenvalue weighted by Crippen LogP contribution is -2.39. The van der Waals surface area contributed by atoms with Crippen LogP contribution in [0.1, 0.15) is 40.2 Å². The highest BCUT2D eigenvalue weighted by molar-refractivity contribution is 5.75.